The number of carbonyl (C=O) groups excluding carboxylic acids is 1. The number of fused-ring (bicyclic) bond motifs is 1. The first-order valence-corrected chi connectivity index (χ1v) is 8.88. The minimum absolute atomic E-state index is 0.0716. The summed E-state index contributed by atoms with van der Waals surface area (Å²) in [6.45, 7) is 0. The summed E-state index contributed by atoms with van der Waals surface area (Å²) in [6.07, 6.45) is 2.01. The molecular formula is C21H21N3O4. The molecule has 7 nitrogen and oxygen atoms in total. The Hall–Kier alpha value is -3.48. The zero-order valence-corrected chi connectivity index (χ0v) is 15.9. The molecule has 7 heteroatoms. The highest BCUT2D eigenvalue weighted by molar-refractivity contribution is 5.94. The second-order valence-electron chi connectivity index (χ2n) is 6.43. The van der Waals surface area contributed by atoms with Crippen LogP contribution in [0.2, 0.25) is 0 Å². The third-order valence-corrected chi connectivity index (χ3v) is 4.93. The largest absolute Gasteiger partial charge is 0.497 e. The van der Waals surface area contributed by atoms with Gasteiger partial charge >= 0.3 is 0 Å². The molecule has 4 rings (SSSR count). The normalized spacial score (nSPS) is 15.5. The topological polar surface area (TPSA) is 74.6 Å². The van der Waals surface area contributed by atoms with Crippen LogP contribution in [0.1, 0.15) is 23.6 Å². The fraction of sp³-hybridized carbons (Fsp3) is 0.238. The van der Waals surface area contributed by atoms with Gasteiger partial charge in [0.15, 0.2) is 11.5 Å². The zero-order valence-electron chi connectivity index (χ0n) is 15.9. The Morgan fingerprint density at radius 3 is 2.50 bits per heavy atom. The van der Waals surface area contributed by atoms with E-state index in [9.17, 15) is 4.79 Å². The van der Waals surface area contributed by atoms with E-state index < -0.39 is 0 Å². The van der Waals surface area contributed by atoms with Crippen molar-refractivity contribution >= 4 is 11.7 Å². The number of benzene rings is 2. The van der Waals surface area contributed by atoms with Crippen molar-refractivity contribution in [3.05, 3.63) is 60.0 Å². The second-order valence-corrected chi connectivity index (χ2v) is 6.43. The van der Waals surface area contributed by atoms with E-state index in [-0.39, 0.29) is 18.2 Å². The molecule has 1 N–H and O–H groups in total. The van der Waals surface area contributed by atoms with E-state index in [1.54, 1.807) is 27.7 Å². The number of rotatable bonds is 5. The third kappa shape index (κ3) is 2.94. The summed E-state index contributed by atoms with van der Waals surface area (Å²) in [5, 5.41) is 2.96. The lowest BCUT2D eigenvalue weighted by Gasteiger charge is -2.25. The Morgan fingerprint density at radius 1 is 1.04 bits per heavy atom. The molecule has 28 heavy (non-hydrogen) atoms. The Morgan fingerprint density at radius 2 is 1.82 bits per heavy atom. The molecule has 0 bridgehead atoms. The summed E-state index contributed by atoms with van der Waals surface area (Å²) < 4.78 is 18.1. The fourth-order valence-electron chi connectivity index (χ4n) is 3.59. The number of amides is 1. The Bertz CT molecular complexity index is 1010. The number of para-hydroxylation sites is 1. The van der Waals surface area contributed by atoms with Crippen LogP contribution in [-0.2, 0) is 4.79 Å². The Kier molecular flexibility index (Phi) is 4.65. The summed E-state index contributed by atoms with van der Waals surface area (Å²) in [6, 6.07) is 13.3. The molecule has 144 valence electrons. The monoisotopic (exact) mass is 379 g/mol. The molecule has 0 radical (unpaired) electrons. The number of nitrogens with zero attached hydrogens (tertiary/aromatic N) is 2. The summed E-state index contributed by atoms with van der Waals surface area (Å²) in [4.78, 5) is 17.1. The maximum Gasteiger partial charge on any atom is 0.226 e. The van der Waals surface area contributed by atoms with Gasteiger partial charge in [-0.25, -0.2) is 4.98 Å². The number of hydrogen-bond acceptors (Lipinski definition) is 5. The Labute approximate surface area is 162 Å². The van der Waals surface area contributed by atoms with Crippen molar-refractivity contribution in [3.63, 3.8) is 0 Å². The van der Waals surface area contributed by atoms with Gasteiger partial charge in [-0.1, -0.05) is 12.1 Å². The number of methoxy groups -OCH3 is 3. The van der Waals surface area contributed by atoms with Crippen LogP contribution in [0.15, 0.2) is 48.8 Å². The quantitative estimate of drug-likeness (QED) is 0.736. The van der Waals surface area contributed by atoms with E-state index in [4.69, 9.17) is 14.2 Å². The number of anilines is 1. The van der Waals surface area contributed by atoms with Crippen molar-refractivity contribution < 1.29 is 19.0 Å². The number of hydrogen-bond donors (Lipinski definition) is 1. The van der Waals surface area contributed by atoms with E-state index in [1.165, 1.54) is 0 Å². The molecule has 0 aliphatic carbocycles. The summed E-state index contributed by atoms with van der Waals surface area (Å²) >= 11 is 0. The van der Waals surface area contributed by atoms with E-state index in [0.717, 1.165) is 22.7 Å². The summed E-state index contributed by atoms with van der Waals surface area (Å²) in [7, 11) is 4.82. The molecule has 1 aliphatic rings. The molecule has 0 spiro atoms. The van der Waals surface area contributed by atoms with E-state index >= 15 is 0 Å². The lowest BCUT2D eigenvalue weighted by atomic mass is 9.89. The fourth-order valence-corrected chi connectivity index (χ4v) is 3.59. The SMILES string of the molecule is COc1ccc(-n2cnc3c2NC(=O)C[C@H]3c2cccc(OC)c2OC)cc1. The van der Waals surface area contributed by atoms with Crippen LogP contribution in [0.5, 0.6) is 17.2 Å². The van der Waals surface area contributed by atoms with Crippen LogP contribution in [0.3, 0.4) is 0 Å². The van der Waals surface area contributed by atoms with Gasteiger partial charge in [0.05, 0.1) is 27.0 Å². The Balaban J connectivity index is 1.81. The van der Waals surface area contributed by atoms with E-state index in [0.29, 0.717) is 17.3 Å². The molecule has 0 saturated heterocycles. The van der Waals surface area contributed by atoms with Crippen molar-refractivity contribution in [2.75, 3.05) is 26.6 Å². The van der Waals surface area contributed by atoms with Crippen molar-refractivity contribution in [3.8, 4) is 22.9 Å². The first-order valence-electron chi connectivity index (χ1n) is 8.88. The van der Waals surface area contributed by atoms with Crippen molar-refractivity contribution in [2.24, 2.45) is 0 Å². The van der Waals surface area contributed by atoms with Gasteiger partial charge < -0.3 is 19.5 Å². The van der Waals surface area contributed by atoms with Gasteiger partial charge in [-0.15, -0.1) is 0 Å². The second kappa shape index (κ2) is 7.26. The van der Waals surface area contributed by atoms with Crippen molar-refractivity contribution in [2.45, 2.75) is 12.3 Å². The minimum atomic E-state index is -0.228. The van der Waals surface area contributed by atoms with Crippen LogP contribution in [-0.4, -0.2) is 36.8 Å². The highest BCUT2D eigenvalue weighted by Crippen LogP contribution is 2.43. The molecule has 0 unspecified atom stereocenters. The number of imidazole rings is 1. The van der Waals surface area contributed by atoms with Gasteiger partial charge in [-0.05, 0) is 30.3 Å². The molecule has 1 amide bonds. The number of ether oxygens (including phenoxy) is 3. The molecular weight excluding hydrogens is 358 g/mol. The molecule has 2 heterocycles. The minimum Gasteiger partial charge on any atom is -0.497 e. The van der Waals surface area contributed by atoms with Gasteiger partial charge in [-0.3, -0.25) is 9.36 Å². The maximum atomic E-state index is 12.5. The van der Waals surface area contributed by atoms with E-state index in [1.807, 2.05) is 47.0 Å². The van der Waals surface area contributed by atoms with Crippen LogP contribution >= 0.6 is 0 Å². The molecule has 1 aromatic heterocycles. The molecule has 1 aliphatic heterocycles. The molecule has 0 fully saturated rings. The standard InChI is InChI=1S/C21H21N3O4/c1-26-14-9-7-13(8-10-14)24-12-22-19-16(11-18(25)23-21(19)24)15-5-4-6-17(27-2)20(15)28-3/h4-10,12,16H,11H2,1-3H3,(H,23,25)/t16-/m0/s1. The van der Waals surface area contributed by atoms with Gasteiger partial charge in [0.1, 0.15) is 17.9 Å². The maximum absolute atomic E-state index is 12.5. The summed E-state index contributed by atoms with van der Waals surface area (Å²) in [5.74, 6) is 2.37. The average Bonchev–Trinajstić information content (AvgIpc) is 3.16. The van der Waals surface area contributed by atoms with Crippen LogP contribution in [0.4, 0.5) is 5.82 Å². The first-order chi connectivity index (χ1) is 13.7. The van der Waals surface area contributed by atoms with Crippen molar-refractivity contribution in [1.82, 2.24) is 9.55 Å². The van der Waals surface area contributed by atoms with Crippen molar-refractivity contribution in [1.29, 1.82) is 0 Å². The smallest absolute Gasteiger partial charge is 0.226 e. The van der Waals surface area contributed by atoms with Gasteiger partial charge in [-0.2, -0.15) is 0 Å². The molecule has 1 atom stereocenters. The predicted molar refractivity (Wildman–Crippen MR) is 105 cm³/mol. The molecule has 3 aromatic rings. The van der Waals surface area contributed by atoms with Crippen LogP contribution in [0, 0.1) is 0 Å². The zero-order chi connectivity index (χ0) is 19.7. The van der Waals surface area contributed by atoms with Gasteiger partial charge in [0.2, 0.25) is 5.91 Å². The average molecular weight is 379 g/mol. The van der Waals surface area contributed by atoms with Crippen LogP contribution in [0.25, 0.3) is 5.69 Å². The number of nitrogens with one attached hydrogen (secondary N) is 1. The predicted octanol–water partition coefficient (Wildman–Crippen LogP) is 3.37. The summed E-state index contributed by atoms with van der Waals surface area (Å²) in [5.41, 5.74) is 2.55. The molecule has 0 saturated carbocycles. The highest BCUT2D eigenvalue weighted by atomic mass is 16.5. The third-order valence-electron chi connectivity index (χ3n) is 4.93. The number of carbonyl (C=O) groups is 1. The lowest BCUT2D eigenvalue weighted by Crippen LogP contribution is -2.25. The van der Waals surface area contributed by atoms with Gasteiger partial charge in [0, 0.05) is 23.6 Å². The lowest BCUT2D eigenvalue weighted by molar-refractivity contribution is -0.116. The number of aromatic nitrogens is 2. The highest BCUT2D eigenvalue weighted by Gasteiger charge is 2.33. The van der Waals surface area contributed by atoms with Crippen LogP contribution < -0.4 is 19.5 Å². The first kappa shape index (κ1) is 17.9. The molecule has 2 aromatic carbocycles. The van der Waals surface area contributed by atoms with Gasteiger partial charge in [0.25, 0.3) is 0 Å². The van der Waals surface area contributed by atoms with E-state index in [2.05, 4.69) is 10.3 Å².